The molecule has 0 saturated carbocycles. The molecule has 0 fully saturated rings. The fraction of sp³-hybridized carbons (Fsp3) is 0.0667. The van der Waals surface area contributed by atoms with E-state index in [0.717, 1.165) is 22.9 Å². The Bertz CT molecular complexity index is 1030. The summed E-state index contributed by atoms with van der Waals surface area (Å²) in [7, 11) is 0. The first-order chi connectivity index (χ1) is 12.4. The van der Waals surface area contributed by atoms with Crippen molar-refractivity contribution >= 4 is 28.9 Å². The maximum absolute atomic E-state index is 12.3. The van der Waals surface area contributed by atoms with Crippen LogP contribution in [0.5, 0.6) is 0 Å². The first kappa shape index (κ1) is 17.3. The van der Waals surface area contributed by atoms with E-state index in [1.54, 1.807) is 12.1 Å². The molecular weight excluding hydrogens is 364 g/mol. The van der Waals surface area contributed by atoms with Gasteiger partial charge in [0.2, 0.25) is 5.91 Å². The van der Waals surface area contributed by atoms with Crippen LogP contribution in [0, 0.1) is 10.1 Å². The molecule has 0 spiro atoms. The Morgan fingerprint density at radius 2 is 2.12 bits per heavy atom. The third-order valence-corrected chi connectivity index (χ3v) is 3.63. The molecule has 0 aliphatic rings. The lowest BCUT2D eigenvalue weighted by Gasteiger charge is -2.12. The molecule has 1 aromatic carbocycles. The van der Waals surface area contributed by atoms with E-state index >= 15 is 0 Å². The fourth-order valence-electron chi connectivity index (χ4n) is 2.24. The molecule has 3 rings (SSSR count). The SMILES string of the molecule is O=C(Cn1cc([N+](=O)[O-])ccc1=O)Nc1cc(Cl)ccc1-n1cncn1. The third kappa shape index (κ3) is 3.75. The Kier molecular flexibility index (Phi) is 4.76. The van der Waals surface area contributed by atoms with Crippen molar-refractivity contribution in [1.29, 1.82) is 0 Å². The number of nitrogens with one attached hydrogen (secondary N) is 1. The number of carbonyl (C=O) groups excluding carboxylic acids is 1. The predicted octanol–water partition coefficient (Wildman–Crippen LogP) is 1.63. The third-order valence-electron chi connectivity index (χ3n) is 3.39. The summed E-state index contributed by atoms with van der Waals surface area (Å²) >= 11 is 5.98. The summed E-state index contributed by atoms with van der Waals surface area (Å²) in [4.78, 5) is 38.1. The van der Waals surface area contributed by atoms with Gasteiger partial charge in [0.1, 0.15) is 19.2 Å². The summed E-state index contributed by atoms with van der Waals surface area (Å²) < 4.78 is 2.39. The molecule has 0 saturated heterocycles. The van der Waals surface area contributed by atoms with E-state index < -0.39 is 22.9 Å². The number of hydrogen-bond acceptors (Lipinski definition) is 6. The summed E-state index contributed by atoms with van der Waals surface area (Å²) in [6, 6.07) is 6.90. The van der Waals surface area contributed by atoms with Gasteiger partial charge in [0.25, 0.3) is 11.2 Å². The predicted molar refractivity (Wildman–Crippen MR) is 92.4 cm³/mol. The number of hydrogen-bond donors (Lipinski definition) is 1. The van der Waals surface area contributed by atoms with Crippen molar-refractivity contribution < 1.29 is 9.72 Å². The van der Waals surface area contributed by atoms with E-state index in [1.807, 2.05) is 0 Å². The number of carbonyl (C=O) groups is 1. The van der Waals surface area contributed by atoms with E-state index in [0.29, 0.717) is 16.4 Å². The summed E-state index contributed by atoms with van der Waals surface area (Å²) in [6.07, 6.45) is 3.80. The van der Waals surface area contributed by atoms with Gasteiger partial charge in [-0.1, -0.05) is 11.6 Å². The number of halogens is 1. The molecule has 0 bridgehead atoms. The maximum atomic E-state index is 12.3. The lowest BCUT2D eigenvalue weighted by atomic mass is 10.2. The minimum Gasteiger partial charge on any atom is -0.323 e. The quantitative estimate of drug-likeness (QED) is 0.534. The van der Waals surface area contributed by atoms with Crippen molar-refractivity contribution in [3.8, 4) is 5.69 Å². The molecule has 0 atom stereocenters. The molecule has 132 valence electrons. The van der Waals surface area contributed by atoms with E-state index in [2.05, 4.69) is 15.4 Å². The Balaban J connectivity index is 1.85. The van der Waals surface area contributed by atoms with Crippen LogP contribution in [0.1, 0.15) is 0 Å². The van der Waals surface area contributed by atoms with Crippen molar-refractivity contribution in [3.63, 3.8) is 0 Å². The van der Waals surface area contributed by atoms with Crippen molar-refractivity contribution in [3.05, 3.63) is 74.7 Å². The standard InChI is InChI=1S/C15H11ClN6O4/c16-10-1-3-13(21-9-17-8-18-21)12(5-10)19-14(23)7-20-6-11(22(25)26)2-4-15(20)24/h1-6,8-9H,7H2,(H,19,23). The van der Waals surface area contributed by atoms with Gasteiger partial charge in [-0.2, -0.15) is 5.10 Å². The number of benzene rings is 1. The molecule has 0 unspecified atom stereocenters. The Morgan fingerprint density at radius 1 is 1.31 bits per heavy atom. The zero-order valence-electron chi connectivity index (χ0n) is 13.1. The second-order valence-electron chi connectivity index (χ2n) is 5.16. The zero-order valence-corrected chi connectivity index (χ0v) is 13.8. The summed E-state index contributed by atoms with van der Waals surface area (Å²) in [5.41, 5.74) is 0.0509. The number of aromatic nitrogens is 4. The van der Waals surface area contributed by atoms with Crippen LogP contribution in [0.3, 0.4) is 0 Å². The van der Waals surface area contributed by atoms with Crippen LogP contribution in [0.25, 0.3) is 5.69 Å². The Labute approximate surface area is 150 Å². The van der Waals surface area contributed by atoms with Crippen molar-refractivity contribution in [1.82, 2.24) is 19.3 Å². The summed E-state index contributed by atoms with van der Waals surface area (Å²) in [5, 5.41) is 17.8. The van der Waals surface area contributed by atoms with Crippen LogP contribution >= 0.6 is 11.6 Å². The van der Waals surface area contributed by atoms with Crippen LogP contribution in [-0.4, -0.2) is 30.2 Å². The van der Waals surface area contributed by atoms with E-state index in [9.17, 15) is 19.7 Å². The first-order valence-corrected chi connectivity index (χ1v) is 7.61. The number of rotatable bonds is 5. The van der Waals surface area contributed by atoms with Crippen molar-refractivity contribution in [2.24, 2.45) is 0 Å². The highest BCUT2D eigenvalue weighted by molar-refractivity contribution is 6.31. The Hall–Kier alpha value is -3.53. The highest BCUT2D eigenvalue weighted by Gasteiger charge is 2.13. The highest BCUT2D eigenvalue weighted by Crippen LogP contribution is 2.24. The van der Waals surface area contributed by atoms with Crippen LogP contribution < -0.4 is 10.9 Å². The van der Waals surface area contributed by atoms with Gasteiger partial charge in [-0.3, -0.25) is 24.3 Å². The molecule has 2 aromatic heterocycles. The highest BCUT2D eigenvalue weighted by atomic mass is 35.5. The van der Waals surface area contributed by atoms with Gasteiger partial charge in [0.05, 0.1) is 22.5 Å². The molecule has 0 radical (unpaired) electrons. The van der Waals surface area contributed by atoms with E-state index in [1.165, 1.54) is 23.4 Å². The smallest absolute Gasteiger partial charge is 0.285 e. The largest absolute Gasteiger partial charge is 0.323 e. The molecule has 1 amide bonds. The lowest BCUT2D eigenvalue weighted by Crippen LogP contribution is -2.27. The van der Waals surface area contributed by atoms with Gasteiger partial charge in [0, 0.05) is 17.2 Å². The maximum Gasteiger partial charge on any atom is 0.285 e. The monoisotopic (exact) mass is 374 g/mol. The second kappa shape index (κ2) is 7.15. The molecule has 0 aliphatic carbocycles. The number of amides is 1. The number of nitrogens with zero attached hydrogens (tertiary/aromatic N) is 5. The number of nitro groups is 1. The molecule has 1 N–H and O–H groups in total. The fourth-order valence-corrected chi connectivity index (χ4v) is 2.41. The molecule has 0 aliphatic heterocycles. The number of pyridine rings is 1. The van der Waals surface area contributed by atoms with Crippen molar-refractivity contribution in [2.45, 2.75) is 6.54 Å². The van der Waals surface area contributed by atoms with Crippen LogP contribution in [0.4, 0.5) is 11.4 Å². The van der Waals surface area contributed by atoms with Crippen molar-refractivity contribution in [2.75, 3.05) is 5.32 Å². The molecule has 26 heavy (non-hydrogen) atoms. The average molecular weight is 375 g/mol. The molecular formula is C15H11ClN6O4. The Morgan fingerprint density at radius 3 is 2.81 bits per heavy atom. The second-order valence-corrected chi connectivity index (χ2v) is 5.60. The summed E-state index contributed by atoms with van der Waals surface area (Å²) in [6.45, 7) is -0.399. The topological polar surface area (TPSA) is 125 Å². The van der Waals surface area contributed by atoms with Gasteiger partial charge in [-0.25, -0.2) is 9.67 Å². The van der Waals surface area contributed by atoms with Gasteiger partial charge in [0.15, 0.2) is 0 Å². The number of anilines is 1. The van der Waals surface area contributed by atoms with Gasteiger partial charge >= 0.3 is 0 Å². The van der Waals surface area contributed by atoms with Crippen LogP contribution in [-0.2, 0) is 11.3 Å². The van der Waals surface area contributed by atoms with Gasteiger partial charge in [-0.05, 0) is 18.2 Å². The van der Waals surface area contributed by atoms with Gasteiger partial charge < -0.3 is 5.32 Å². The minimum atomic E-state index is -0.645. The zero-order chi connectivity index (χ0) is 18.7. The first-order valence-electron chi connectivity index (χ1n) is 7.23. The minimum absolute atomic E-state index is 0.288. The van der Waals surface area contributed by atoms with Crippen LogP contribution in [0.15, 0.2) is 54.0 Å². The van der Waals surface area contributed by atoms with Crippen LogP contribution in [0.2, 0.25) is 5.02 Å². The lowest BCUT2D eigenvalue weighted by molar-refractivity contribution is -0.385. The average Bonchev–Trinajstić information content (AvgIpc) is 3.11. The molecule has 2 heterocycles. The van der Waals surface area contributed by atoms with Gasteiger partial charge in [-0.15, -0.1) is 0 Å². The normalized spacial score (nSPS) is 10.5. The molecule has 11 heteroatoms. The summed E-state index contributed by atoms with van der Waals surface area (Å²) in [5.74, 6) is -0.559. The van der Waals surface area contributed by atoms with E-state index in [4.69, 9.17) is 11.6 Å². The molecule has 10 nitrogen and oxygen atoms in total. The molecule has 3 aromatic rings. The van der Waals surface area contributed by atoms with E-state index in [-0.39, 0.29) is 5.69 Å².